The minimum Gasteiger partial charge on any atom is -0.497 e. The Bertz CT molecular complexity index is 1840. The predicted octanol–water partition coefficient (Wildman–Crippen LogP) is 6.28. The fourth-order valence-electron chi connectivity index (χ4n) is 6.11. The summed E-state index contributed by atoms with van der Waals surface area (Å²) < 4.78 is 21.5. The number of benzene rings is 3. The fraction of sp³-hybridized carbons (Fsp3) is 0.270. The van der Waals surface area contributed by atoms with Gasteiger partial charge in [0, 0.05) is 5.92 Å². The Morgan fingerprint density at radius 1 is 0.878 bits per heavy atom. The standard InChI is InChI=1S/C37H35N3O7S2/c1-44-27-13-7-23(8-14-27)19-26-5-4-6-30-34(26)38-40(35(30)25-11-17-29(46-3)18-12-25)32(41)22-47-33(42)21-39-36(43)31(49-37(39)48)20-24-9-15-28(45-2)16-10-24/h7-20,30,35H,4-6,21-22H2,1-3H3/b26-19-,31-20+/t30-,35+/m1/s1. The Kier molecular flexibility index (Phi) is 10.4. The van der Waals surface area contributed by atoms with Crippen LogP contribution in [0.25, 0.3) is 12.2 Å². The van der Waals surface area contributed by atoms with Gasteiger partial charge >= 0.3 is 5.97 Å². The highest BCUT2D eigenvalue weighted by atomic mass is 32.2. The Balaban J connectivity index is 1.17. The molecule has 2 fully saturated rings. The Morgan fingerprint density at radius 3 is 2.04 bits per heavy atom. The maximum absolute atomic E-state index is 13.8. The van der Waals surface area contributed by atoms with Gasteiger partial charge in [0.05, 0.1) is 38.0 Å². The van der Waals surface area contributed by atoms with Crippen LogP contribution in [0.1, 0.15) is 42.0 Å². The topological polar surface area (TPSA) is 107 Å². The minimum absolute atomic E-state index is 0.0428. The molecule has 12 heteroatoms. The Labute approximate surface area is 294 Å². The second kappa shape index (κ2) is 15.1. The molecule has 1 aliphatic carbocycles. The fourth-order valence-corrected chi connectivity index (χ4v) is 7.37. The third-order valence-corrected chi connectivity index (χ3v) is 9.98. The van der Waals surface area contributed by atoms with E-state index in [0.29, 0.717) is 16.4 Å². The molecule has 2 heterocycles. The maximum Gasteiger partial charge on any atom is 0.326 e. The van der Waals surface area contributed by atoms with E-state index in [1.165, 1.54) is 9.91 Å². The van der Waals surface area contributed by atoms with E-state index in [2.05, 4.69) is 6.08 Å². The predicted molar refractivity (Wildman–Crippen MR) is 192 cm³/mol. The lowest BCUT2D eigenvalue weighted by Crippen LogP contribution is -2.37. The molecule has 3 aliphatic rings. The lowest BCUT2D eigenvalue weighted by molar-refractivity contribution is -0.154. The number of nitrogens with zero attached hydrogens (tertiary/aromatic N) is 3. The first-order valence-corrected chi connectivity index (χ1v) is 16.9. The Hall–Kier alpha value is -4.94. The van der Waals surface area contributed by atoms with Gasteiger partial charge in [0.2, 0.25) is 0 Å². The van der Waals surface area contributed by atoms with Gasteiger partial charge in [-0.05, 0) is 90.1 Å². The largest absolute Gasteiger partial charge is 0.497 e. The van der Waals surface area contributed by atoms with Gasteiger partial charge in [-0.15, -0.1) is 0 Å². The average Bonchev–Trinajstić information content (AvgIpc) is 3.65. The smallest absolute Gasteiger partial charge is 0.326 e. The van der Waals surface area contributed by atoms with Crippen LogP contribution in [0.4, 0.5) is 0 Å². The van der Waals surface area contributed by atoms with E-state index in [4.69, 9.17) is 36.3 Å². The molecule has 10 nitrogen and oxygen atoms in total. The number of carbonyl (C=O) groups is 3. The van der Waals surface area contributed by atoms with Crippen molar-refractivity contribution in [3.05, 3.63) is 100.0 Å². The molecule has 0 unspecified atom stereocenters. The SMILES string of the molecule is COc1ccc(/C=C2/CCC[C@@H]3C2=NN(C(=O)COC(=O)CN2C(=O)/C(=C\c4ccc(OC)cc4)SC2=S)[C@H]3c2ccc(OC)cc2)cc1. The lowest BCUT2D eigenvalue weighted by Gasteiger charge is -2.29. The van der Waals surface area contributed by atoms with Gasteiger partial charge in [-0.1, -0.05) is 60.4 Å². The molecule has 0 bridgehead atoms. The van der Waals surface area contributed by atoms with E-state index in [0.717, 1.165) is 64.7 Å². The number of fused-ring (bicyclic) bond motifs is 1. The van der Waals surface area contributed by atoms with Crippen LogP contribution in [0, 0.1) is 5.92 Å². The third-order valence-electron chi connectivity index (χ3n) is 8.60. The van der Waals surface area contributed by atoms with Crippen molar-refractivity contribution in [3.63, 3.8) is 0 Å². The summed E-state index contributed by atoms with van der Waals surface area (Å²) in [7, 11) is 4.81. The van der Waals surface area contributed by atoms with Gasteiger partial charge in [0.15, 0.2) is 6.61 Å². The summed E-state index contributed by atoms with van der Waals surface area (Å²) in [6.07, 6.45) is 6.42. The molecular formula is C37H35N3O7S2. The average molecular weight is 698 g/mol. The summed E-state index contributed by atoms with van der Waals surface area (Å²) in [5.41, 5.74) is 4.60. The van der Waals surface area contributed by atoms with E-state index < -0.39 is 30.9 Å². The van der Waals surface area contributed by atoms with E-state index in [1.807, 2.05) is 60.7 Å². The highest BCUT2D eigenvalue weighted by Crippen LogP contribution is 2.45. The van der Waals surface area contributed by atoms with Gasteiger partial charge in [0.1, 0.15) is 28.1 Å². The van der Waals surface area contributed by atoms with E-state index >= 15 is 0 Å². The number of ether oxygens (including phenoxy) is 4. The molecule has 6 rings (SSSR count). The number of allylic oxidation sites excluding steroid dienone is 1. The lowest BCUT2D eigenvalue weighted by atomic mass is 9.77. The molecule has 49 heavy (non-hydrogen) atoms. The zero-order valence-corrected chi connectivity index (χ0v) is 28.9. The highest BCUT2D eigenvalue weighted by Gasteiger charge is 2.44. The zero-order chi connectivity index (χ0) is 34.5. The van der Waals surface area contributed by atoms with E-state index in [-0.39, 0.29) is 16.3 Å². The molecule has 2 atom stereocenters. The maximum atomic E-state index is 13.8. The molecule has 3 aromatic rings. The number of methoxy groups -OCH3 is 3. The van der Waals surface area contributed by atoms with Gasteiger partial charge in [0.25, 0.3) is 11.8 Å². The number of carbonyl (C=O) groups excluding carboxylic acids is 3. The minimum atomic E-state index is -0.749. The molecular weight excluding hydrogens is 663 g/mol. The van der Waals surface area contributed by atoms with Crippen molar-refractivity contribution in [2.45, 2.75) is 25.3 Å². The molecule has 2 amide bonds. The van der Waals surface area contributed by atoms with Crippen LogP contribution in [-0.2, 0) is 19.1 Å². The van der Waals surface area contributed by atoms with Crippen molar-refractivity contribution in [2.24, 2.45) is 11.0 Å². The number of thiocarbonyl (C=S) groups is 1. The molecule has 0 N–H and O–H groups in total. The normalized spacial score (nSPS) is 20.3. The molecule has 252 valence electrons. The van der Waals surface area contributed by atoms with Crippen LogP contribution in [0.2, 0.25) is 0 Å². The van der Waals surface area contributed by atoms with Crippen LogP contribution < -0.4 is 14.2 Å². The van der Waals surface area contributed by atoms with Crippen molar-refractivity contribution in [2.75, 3.05) is 34.5 Å². The summed E-state index contributed by atoms with van der Waals surface area (Å²) in [6.45, 7) is -0.950. The van der Waals surface area contributed by atoms with Crippen LogP contribution in [0.3, 0.4) is 0 Å². The number of thioether (sulfide) groups is 1. The van der Waals surface area contributed by atoms with Crippen LogP contribution in [-0.4, -0.2) is 72.2 Å². The quantitative estimate of drug-likeness (QED) is 0.138. The van der Waals surface area contributed by atoms with Crippen molar-refractivity contribution < 1.29 is 33.3 Å². The summed E-state index contributed by atoms with van der Waals surface area (Å²) in [4.78, 5) is 41.4. The molecule has 0 aromatic heterocycles. The molecule has 3 aromatic carbocycles. The summed E-state index contributed by atoms with van der Waals surface area (Å²) in [5, 5.41) is 6.31. The number of esters is 1. The number of hydrogen-bond acceptors (Lipinski definition) is 10. The molecule has 1 saturated carbocycles. The van der Waals surface area contributed by atoms with Gasteiger partial charge in [-0.3, -0.25) is 19.3 Å². The third kappa shape index (κ3) is 7.55. The Morgan fingerprint density at radius 2 is 1.45 bits per heavy atom. The summed E-state index contributed by atoms with van der Waals surface area (Å²) in [5.74, 6) is 0.506. The monoisotopic (exact) mass is 697 g/mol. The summed E-state index contributed by atoms with van der Waals surface area (Å²) >= 11 is 6.50. The number of hydrogen-bond donors (Lipinski definition) is 0. The highest BCUT2D eigenvalue weighted by molar-refractivity contribution is 8.26. The molecule has 0 spiro atoms. The van der Waals surface area contributed by atoms with Gasteiger partial charge in [-0.2, -0.15) is 5.10 Å². The molecule has 0 radical (unpaired) electrons. The van der Waals surface area contributed by atoms with Crippen molar-refractivity contribution in [1.82, 2.24) is 9.91 Å². The summed E-state index contributed by atoms with van der Waals surface area (Å²) in [6, 6.07) is 22.2. The molecule has 1 saturated heterocycles. The number of rotatable bonds is 10. The number of amides is 2. The van der Waals surface area contributed by atoms with Crippen LogP contribution in [0.15, 0.2) is 88.4 Å². The first-order valence-electron chi connectivity index (χ1n) is 15.7. The second-order valence-electron chi connectivity index (χ2n) is 11.6. The van der Waals surface area contributed by atoms with Gasteiger partial charge in [-0.25, -0.2) is 5.01 Å². The first kappa shape index (κ1) is 33.9. The van der Waals surface area contributed by atoms with Gasteiger partial charge < -0.3 is 18.9 Å². The van der Waals surface area contributed by atoms with Crippen molar-refractivity contribution in [3.8, 4) is 17.2 Å². The zero-order valence-electron chi connectivity index (χ0n) is 27.3. The first-order chi connectivity index (χ1) is 23.8. The van der Waals surface area contributed by atoms with E-state index in [1.54, 1.807) is 39.5 Å². The van der Waals surface area contributed by atoms with Crippen molar-refractivity contribution >= 4 is 63.9 Å². The molecule has 2 aliphatic heterocycles. The second-order valence-corrected chi connectivity index (χ2v) is 13.3. The van der Waals surface area contributed by atoms with E-state index in [9.17, 15) is 14.4 Å². The van der Waals surface area contributed by atoms with Crippen molar-refractivity contribution in [1.29, 1.82) is 0 Å². The number of hydrazone groups is 1. The van der Waals surface area contributed by atoms with Crippen LogP contribution in [0.5, 0.6) is 17.2 Å². The van der Waals surface area contributed by atoms with Crippen LogP contribution >= 0.6 is 24.0 Å².